The van der Waals surface area contributed by atoms with Gasteiger partial charge < -0.3 is 47.4 Å². The molecule has 0 unspecified atom stereocenters. The van der Waals surface area contributed by atoms with Crippen LogP contribution in [0.4, 0.5) is 0 Å². The van der Waals surface area contributed by atoms with Crippen LogP contribution >= 0.6 is 0 Å². The molecule has 1 aromatic carbocycles. The average Bonchev–Trinajstić information content (AvgIpc) is 3.13. The molecule has 0 amide bonds. The lowest BCUT2D eigenvalue weighted by atomic mass is 10.1. The summed E-state index contributed by atoms with van der Waals surface area (Å²) in [6.45, 7) is 12.1. The van der Waals surface area contributed by atoms with E-state index in [9.17, 15) is 8.42 Å². The van der Waals surface area contributed by atoms with Crippen molar-refractivity contribution < 1.29 is 60.0 Å². The van der Waals surface area contributed by atoms with Crippen molar-refractivity contribution in [3.05, 3.63) is 30.3 Å². The Bertz CT molecular complexity index is 909. The maximum atomic E-state index is 12.0. The quantitative estimate of drug-likeness (QED) is 0.0679. The topological polar surface area (TPSA) is 136 Å². The molecule has 0 radical (unpaired) electrons. The third-order valence-electron chi connectivity index (χ3n) is 6.99. The summed E-state index contributed by atoms with van der Waals surface area (Å²) in [5.41, 5.74) is 0. The third kappa shape index (κ3) is 32.6. The molecule has 0 aliphatic carbocycles. The first-order valence-corrected chi connectivity index (χ1v) is 19.8. The fraction of sp³-hybridized carbons (Fsp3) is 0.833. The van der Waals surface area contributed by atoms with E-state index >= 15 is 0 Å². The molecule has 1 aromatic rings. The van der Waals surface area contributed by atoms with Crippen molar-refractivity contribution in [2.45, 2.75) is 63.2 Å². The van der Waals surface area contributed by atoms with Crippen LogP contribution in [0, 0.1) is 0 Å². The van der Waals surface area contributed by atoms with Gasteiger partial charge in [0.2, 0.25) is 0 Å². The van der Waals surface area contributed by atoms with Crippen molar-refractivity contribution in [3.63, 3.8) is 0 Å². The van der Waals surface area contributed by atoms with Gasteiger partial charge in [0.05, 0.1) is 137 Å². The minimum absolute atomic E-state index is 0.0558. The highest BCUT2D eigenvalue weighted by molar-refractivity contribution is 7.86. The maximum Gasteiger partial charge on any atom is 0.297 e. The first-order valence-electron chi connectivity index (χ1n) is 18.4. The van der Waals surface area contributed by atoms with Crippen LogP contribution in [0.1, 0.15) is 58.3 Å². The molecular weight excluding hydrogens is 672 g/mol. The zero-order chi connectivity index (χ0) is 35.9. The summed E-state index contributed by atoms with van der Waals surface area (Å²) in [7, 11) is -3.76. The highest BCUT2D eigenvalue weighted by atomic mass is 32.2. The maximum absolute atomic E-state index is 12.0. The molecule has 0 saturated heterocycles. The second-order valence-corrected chi connectivity index (χ2v) is 12.8. The Morgan fingerprint density at radius 3 is 0.980 bits per heavy atom. The molecule has 0 aliphatic heterocycles. The second kappa shape index (κ2) is 37.5. The highest BCUT2D eigenvalue weighted by Crippen LogP contribution is 2.11. The normalized spacial score (nSPS) is 11.9. The molecule has 0 fully saturated rings. The first kappa shape index (κ1) is 46.8. The number of hydrogen-bond donors (Lipinski definition) is 0. The number of ether oxygens (including phenoxy) is 10. The van der Waals surface area contributed by atoms with Crippen LogP contribution in [0.2, 0.25) is 0 Å². The van der Waals surface area contributed by atoms with Gasteiger partial charge >= 0.3 is 0 Å². The Kier molecular flexibility index (Phi) is 35.0. The zero-order valence-corrected chi connectivity index (χ0v) is 31.4. The van der Waals surface area contributed by atoms with E-state index in [0.717, 1.165) is 13.0 Å². The molecule has 0 bridgehead atoms. The van der Waals surface area contributed by atoms with Gasteiger partial charge in [0.1, 0.15) is 0 Å². The lowest BCUT2D eigenvalue weighted by Crippen LogP contribution is -2.15. The van der Waals surface area contributed by atoms with Gasteiger partial charge in [-0.15, -0.1) is 0 Å². The predicted octanol–water partition coefficient (Wildman–Crippen LogP) is 4.70. The minimum atomic E-state index is -3.76. The van der Waals surface area contributed by atoms with Crippen molar-refractivity contribution in [3.8, 4) is 0 Å². The average molecular weight is 739 g/mol. The summed E-state index contributed by atoms with van der Waals surface area (Å²) in [6.07, 6.45) is 10.5. The van der Waals surface area contributed by atoms with E-state index in [1.54, 1.807) is 18.2 Å². The number of unbranched alkanes of at least 4 members (excludes halogenated alkanes) is 7. The van der Waals surface area contributed by atoms with Crippen LogP contribution in [0.5, 0.6) is 0 Å². The lowest BCUT2D eigenvalue weighted by Gasteiger charge is -2.09. The molecule has 1 rings (SSSR count). The van der Waals surface area contributed by atoms with Gasteiger partial charge in [-0.25, -0.2) is 0 Å². The standard InChI is InChI=1S/C36H66O13S/c1-2-3-4-5-6-7-8-12-15-39-16-17-40-18-19-41-20-21-42-22-23-43-24-25-44-26-27-45-28-29-46-30-31-47-32-33-48-34-35-49-50(37,38)36-13-10-9-11-14-36/h9-11,13-14H,2-8,12,15-35H2,1H3. The fourth-order valence-corrected chi connectivity index (χ4v) is 5.19. The van der Waals surface area contributed by atoms with Gasteiger partial charge in [-0.05, 0) is 18.6 Å². The van der Waals surface area contributed by atoms with Crippen LogP contribution in [0.3, 0.4) is 0 Å². The smallest absolute Gasteiger partial charge is 0.297 e. The number of rotatable bonds is 41. The molecular formula is C36H66O13S. The largest absolute Gasteiger partial charge is 0.379 e. The summed E-state index contributed by atoms with van der Waals surface area (Å²) in [5.74, 6) is 0. The van der Waals surface area contributed by atoms with Crippen LogP contribution in [-0.4, -0.2) is 147 Å². The van der Waals surface area contributed by atoms with E-state index in [2.05, 4.69) is 6.92 Å². The van der Waals surface area contributed by atoms with Gasteiger partial charge in [-0.3, -0.25) is 4.18 Å². The molecule has 13 nitrogen and oxygen atoms in total. The Morgan fingerprint density at radius 2 is 0.640 bits per heavy atom. The highest BCUT2D eigenvalue weighted by Gasteiger charge is 2.13. The van der Waals surface area contributed by atoms with E-state index in [0.29, 0.717) is 119 Å². The lowest BCUT2D eigenvalue weighted by molar-refractivity contribution is -0.0267. The van der Waals surface area contributed by atoms with E-state index in [-0.39, 0.29) is 18.1 Å². The van der Waals surface area contributed by atoms with Crippen molar-refractivity contribution in [1.82, 2.24) is 0 Å². The zero-order valence-electron chi connectivity index (χ0n) is 30.6. The molecule has 0 saturated carbocycles. The van der Waals surface area contributed by atoms with Crippen LogP contribution in [0.25, 0.3) is 0 Å². The summed E-state index contributed by atoms with van der Waals surface area (Å²) >= 11 is 0. The number of hydrogen-bond acceptors (Lipinski definition) is 13. The van der Waals surface area contributed by atoms with Gasteiger partial charge in [0.25, 0.3) is 10.1 Å². The molecule has 14 heteroatoms. The van der Waals surface area contributed by atoms with Gasteiger partial charge in [-0.1, -0.05) is 70.1 Å². The first-order chi connectivity index (χ1) is 24.7. The summed E-state index contributed by atoms with van der Waals surface area (Å²) in [6, 6.07) is 7.99. The Balaban J connectivity index is 1.64. The number of benzene rings is 1. The Morgan fingerprint density at radius 1 is 0.360 bits per heavy atom. The van der Waals surface area contributed by atoms with Crippen molar-refractivity contribution in [2.75, 3.05) is 139 Å². The summed E-state index contributed by atoms with van der Waals surface area (Å²) in [4.78, 5) is 0.123. The van der Waals surface area contributed by atoms with Gasteiger partial charge in [-0.2, -0.15) is 8.42 Å². The van der Waals surface area contributed by atoms with Gasteiger partial charge in [0.15, 0.2) is 0 Å². The van der Waals surface area contributed by atoms with E-state index in [1.165, 1.54) is 57.1 Å². The minimum Gasteiger partial charge on any atom is -0.379 e. The molecule has 50 heavy (non-hydrogen) atoms. The monoisotopic (exact) mass is 738 g/mol. The van der Waals surface area contributed by atoms with Crippen LogP contribution in [-0.2, 0) is 61.7 Å². The molecule has 294 valence electrons. The predicted molar refractivity (Wildman–Crippen MR) is 190 cm³/mol. The van der Waals surface area contributed by atoms with Crippen LogP contribution in [0.15, 0.2) is 35.2 Å². The summed E-state index contributed by atoms with van der Waals surface area (Å²) < 4.78 is 83.7. The van der Waals surface area contributed by atoms with Gasteiger partial charge in [0, 0.05) is 6.61 Å². The van der Waals surface area contributed by atoms with Crippen molar-refractivity contribution in [2.24, 2.45) is 0 Å². The molecule has 0 heterocycles. The fourth-order valence-electron chi connectivity index (χ4n) is 4.28. The third-order valence-corrected chi connectivity index (χ3v) is 8.31. The van der Waals surface area contributed by atoms with E-state index in [4.69, 9.17) is 51.6 Å². The van der Waals surface area contributed by atoms with E-state index in [1.807, 2.05) is 0 Å². The Labute approximate surface area is 301 Å². The second-order valence-electron chi connectivity index (χ2n) is 11.2. The van der Waals surface area contributed by atoms with E-state index < -0.39 is 10.1 Å². The molecule has 0 aromatic heterocycles. The van der Waals surface area contributed by atoms with Crippen molar-refractivity contribution >= 4 is 10.1 Å². The molecule has 0 aliphatic rings. The SMILES string of the molecule is CCCCCCCCCCOCCOCCOCCOCCOCCOCCOCCOCCOCCOCCOS(=O)(=O)c1ccccc1. The molecule has 0 N–H and O–H groups in total. The molecule has 0 atom stereocenters. The summed E-state index contributed by atoms with van der Waals surface area (Å²) in [5, 5.41) is 0. The Hall–Kier alpha value is -1.27. The molecule has 0 spiro atoms. The van der Waals surface area contributed by atoms with Crippen LogP contribution < -0.4 is 0 Å². The van der Waals surface area contributed by atoms with Crippen molar-refractivity contribution in [1.29, 1.82) is 0 Å².